The number of para-hydroxylation sites is 2. The van der Waals surface area contributed by atoms with Crippen LogP contribution in [-0.2, 0) is 24.3 Å². The molecule has 1 aromatic carbocycles. The van der Waals surface area contributed by atoms with Crippen LogP contribution in [0.2, 0.25) is 0 Å². The van der Waals surface area contributed by atoms with E-state index in [4.69, 9.17) is 9.84 Å². The molecule has 21 heavy (non-hydrogen) atoms. The van der Waals surface area contributed by atoms with Gasteiger partial charge in [0.2, 0.25) is 10.0 Å². The molecule has 0 aromatic heterocycles. The van der Waals surface area contributed by atoms with Crippen LogP contribution < -0.4 is 9.46 Å². The fourth-order valence-corrected chi connectivity index (χ4v) is 2.35. The second-order valence-electron chi connectivity index (χ2n) is 3.99. The summed E-state index contributed by atoms with van der Waals surface area (Å²) < 4.78 is 35.5. The number of ether oxygens (including phenoxy) is 2. The summed E-state index contributed by atoms with van der Waals surface area (Å²) in [6.07, 6.45) is 0. The maximum atomic E-state index is 12.0. The average Bonchev–Trinajstić information content (AvgIpc) is 2.44. The Morgan fingerprint density at radius 1 is 1.33 bits per heavy atom. The van der Waals surface area contributed by atoms with Gasteiger partial charge in [0.05, 0.1) is 12.8 Å². The molecule has 0 aliphatic rings. The molecule has 0 radical (unpaired) electrons. The number of rotatable bonds is 7. The van der Waals surface area contributed by atoms with Gasteiger partial charge < -0.3 is 14.6 Å². The summed E-state index contributed by atoms with van der Waals surface area (Å²) in [7, 11) is -2.96. The van der Waals surface area contributed by atoms with E-state index in [-0.39, 0.29) is 11.4 Å². The Balaban J connectivity index is 2.97. The number of sulfonamides is 1. The quantitative estimate of drug-likeness (QED) is 0.701. The second kappa shape index (κ2) is 6.93. The van der Waals surface area contributed by atoms with E-state index in [0.717, 1.165) is 7.11 Å². The highest BCUT2D eigenvalue weighted by Crippen LogP contribution is 2.25. The number of anilines is 1. The first-order valence-corrected chi connectivity index (χ1v) is 7.35. The van der Waals surface area contributed by atoms with Crippen molar-refractivity contribution in [3.8, 4) is 5.75 Å². The number of carbonyl (C=O) groups excluding carboxylic acids is 1. The van der Waals surface area contributed by atoms with Crippen molar-refractivity contribution in [2.75, 3.05) is 18.4 Å². The average molecular weight is 317 g/mol. The monoisotopic (exact) mass is 317 g/mol. The molecule has 0 spiro atoms. The molecule has 8 nitrogen and oxygen atoms in total. The van der Waals surface area contributed by atoms with Crippen LogP contribution in [-0.4, -0.2) is 44.4 Å². The van der Waals surface area contributed by atoms with E-state index in [9.17, 15) is 18.0 Å². The van der Waals surface area contributed by atoms with Crippen LogP contribution >= 0.6 is 0 Å². The summed E-state index contributed by atoms with van der Waals surface area (Å²) in [5.41, 5.74) is 0.0366. The van der Waals surface area contributed by atoms with E-state index in [0.29, 0.717) is 0 Å². The van der Waals surface area contributed by atoms with Crippen LogP contribution in [0.4, 0.5) is 5.69 Å². The summed E-state index contributed by atoms with van der Waals surface area (Å²) >= 11 is 0. The molecule has 0 saturated heterocycles. The number of aliphatic carboxylic acids is 1. The highest BCUT2D eigenvalue weighted by atomic mass is 32.2. The molecule has 0 aliphatic carbocycles. The van der Waals surface area contributed by atoms with Crippen LogP contribution in [0, 0.1) is 0 Å². The van der Waals surface area contributed by atoms with Crippen molar-refractivity contribution >= 4 is 27.6 Å². The third-order valence-electron chi connectivity index (χ3n) is 2.49. The lowest BCUT2D eigenvalue weighted by Crippen LogP contribution is -2.33. The Kier molecular flexibility index (Phi) is 5.53. The van der Waals surface area contributed by atoms with Gasteiger partial charge in [-0.1, -0.05) is 12.1 Å². The van der Waals surface area contributed by atoms with Crippen molar-refractivity contribution in [2.45, 2.75) is 12.2 Å². The minimum Gasteiger partial charge on any atom is -0.480 e. The van der Waals surface area contributed by atoms with Crippen molar-refractivity contribution in [1.82, 2.24) is 0 Å². The largest absolute Gasteiger partial charge is 0.480 e. The molecule has 0 saturated carbocycles. The van der Waals surface area contributed by atoms with Crippen LogP contribution in [0.5, 0.6) is 5.75 Å². The summed E-state index contributed by atoms with van der Waals surface area (Å²) in [6.45, 7) is 0.556. The molecular formula is C12H15NO7S. The highest BCUT2D eigenvalue weighted by Gasteiger charge is 2.29. The van der Waals surface area contributed by atoms with Gasteiger partial charge in [-0.05, 0) is 19.1 Å². The van der Waals surface area contributed by atoms with Gasteiger partial charge in [-0.25, -0.2) is 13.2 Å². The molecule has 1 rings (SSSR count). The Labute approximate surface area is 121 Å². The number of carbonyl (C=O) groups is 2. The van der Waals surface area contributed by atoms with Gasteiger partial charge in [-0.15, -0.1) is 0 Å². The van der Waals surface area contributed by atoms with E-state index >= 15 is 0 Å². The van der Waals surface area contributed by atoms with Crippen LogP contribution in [0.25, 0.3) is 0 Å². The predicted octanol–water partition coefficient (Wildman–Crippen LogP) is 0.453. The van der Waals surface area contributed by atoms with Gasteiger partial charge in [0.15, 0.2) is 11.9 Å². The zero-order valence-corrected chi connectivity index (χ0v) is 12.2. The van der Waals surface area contributed by atoms with Gasteiger partial charge in [-0.3, -0.25) is 9.52 Å². The predicted molar refractivity (Wildman–Crippen MR) is 73.6 cm³/mol. The standard InChI is InChI=1S/C12H15NO7S/c1-8(12(16)19-2)21(17,18)13-9-5-3-4-6-10(9)20-7-11(14)15/h3-6,8,13H,7H2,1-2H3,(H,14,15). The first-order chi connectivity index (χ1) is 9.77. The number of nitrogens with one attached hydrogen (secondary N) is 1. The zero-order valence-electron chi connectivity index (χ0n) is 11.4. The number of carboxylic acids is 1. The first kappa shape index (κ1) is 16.8. The SMILES string of the molecule is COC(=O)C(C)S(=O)(=O)Nc1ccccc1OCC(=O)O. The van der Waals surface area contributed by atoms with Gasteiger partial charge in [0, 0.05) is 0 Å². The van der Waals surface area contributed by atoms with E-state index in [1.54, 1.807) is 6.07 Å². The fraction of sp³-hybridized carbons (Fsp3) is 0.333. The molecule has 1 unspecified atom stereocenters. The molecule has 9 heteroatoms. The molecule has 1 aromatic rings. The zero-order chi connectivity index (χ0) is 16.0. The highest BCUT2D eigenvalue weighted by molar-refractivity contribution is 7.94. The minimum atomic E-state index is -4.04. The van der Waals surface area contributed by atoms with E-state index in [1.165, 1.54) is 25.1 Å². The summed E-state index contributed by atoms with van der Waals surface area (Å²) in [5, 5.41) is 7.15. The van der Waals surface area contributed by atoms with Crippen LogP contribution in [0.3, 0.4) is 0 Å². The van der Waals surface area contributed by atoms with Crippen molar-refractivity contribution < 1.29 is 32.6 Å². The van der Waals surface area contributed by atoms with E-state index in [1.807, 2.05) is 0 Å². The summed E-state index contributed by atoms with van der Waals surface area (Å²) in [5.74, 6) is -2.07. The lowest BCUT2D eigenvalue weighted by molar-refractivity contribution is -0.140. The topological polar surface area (TPSA) is 119 Å². The summed E-state index contributed by atoms with van der Waals surface area (Å²) in [4.78, 5) is 21.8. The molecule has 0 fully saturated rings. The Morgan fingerprint density at radius 3 is 2.52 bits per heavy atom. The van der Waals surface area contributed by atoms with Crippen LogP contribution in [0.1, 0.15) is 6.92 Å². The summed E-state index contributed by atoms with van der Waals surface area (Å²) in [6, 6.07) is 5.88. The van der Waals surface area contributed by atoms with Gasteiger partial charge in [-0.2, -0.15) is 0 Å². The Hall–Kier alpha value is -2.29. The molecule has 0 heterocycles. The molecule has 2 N–H and O–H groups in total. The molecule has 116 valence electrons. The van der Waals surface area contributed by atoms with Crippen molar-refractivity contribution in [1.29, 1.82) is 0 Å². The number of carboxylic acid groups (broad SMARTS) is 1. The molecule has 0 bridgehead atoms. The lowest BCUT2D eigenvalue weighted by atomic mass is 10.3. The van der Waals surface area contributed by atoms with Crippen molar-refractivity contribution in [3.63, 3.8) is 0 Å². The normalized spacial score (nSPS) is 12.3. The van der Waals surface area contributed by atoms with E-state index < -0.39 is 33.8 Å². The van der Waals surface area contributed by atoms with E-state index in [2.05, 4.69) is 9.46 Å². The Morgan fingerprint density at radius 2 is 1.95 bits per heavy atom. The number of hydrogen-bond acceptors (Lipinski definition) is 6. The number of methoxy groups -OCH3 is 1. The third-order valence-corrected chi connectivity index (χ3v) is 4.12. The fourth-order valence-electron chi connectivity index (χ4n) is 1.35. The minimum absolute atomic E-state index is 0.0366. The molecule has 0 aliphatic heterocycles. The number of esters is 1. The van der Waals surface area contributed by atoms with Crippen LogP contribution in [0.15, 0.2) is 24.3 Å². The third kappa shape index (κ3) is 4.63. The first-order valence-electron chi connectivity index (χ1n) is 5.81. The maximum Gasteiger partial charge on any atom is 0.341 e. The van der Waals surface area contributed by atoms with Crippen molar-refractivity contribution in [3.05, 3.63) is 24.3 Å². The lowest BCUT2D eigenvalue weighted by Gasteiger charge is -2.15. The second-order valence-corrected chi connectivity index (χ2v) is 5.99. The molecule has 0 amide bonds. The molecule has 1 atom stereocenters. The Bertz CT molecular complexity index is 626. The number of benzene rings is 1. The van der Waals surface area contributed by atoms with Gasteiger partial charge in [0.25, 0.3) is 0 Å². The maximum absolute atomic E-state index is 12.0. The number of hydrogen-bond donors (Lipinski definition) is 2. The van der Waals surface area contributed by atoms with Crippen molar-refractivity contribution in [2.24, 2.45) is 0 Å². The molecular weight excluding hydrogens is 302 g/mol. The van der Waals surface area contributed by atoms with Gasteiger partial charge in [0.1, 0.15) is 5.75 Å². The van der Waals surface area contributed by atoms with Gasteiger partial charge >= 0.3 is 11.9 Å². The smallest absolute Gasteiger partial charge is 0.341 e.